The molecule has 1 atom stereocenters. The second kappa shape index (κ2) is 3.56. The van der Waals surface area contributed by atoms with E-state index in [9.17, 15) is 0 Å². The van der Waals surface area contributed by atoms with Crippen molar-refractivity contribution in [3.63, 3.8) is 0 Å². The first-order valence-electron chi connectivity index (χ1n) is 5.83. The molecule has 4 nitrogen and oxygen atoms in total. The van der Waals surface area contributed by atoms with Gasteiger partial charge in [0, 0.05) is 24.7 Å². The molecule has 2 aromatic heterocycles. The molecule has 0 aromatic carbocycles. The molecule has 1 aliphatic carbocycles. The van der Waals surface area contributed by atoms with Gasteiger partial charge in [-0.15, -0.1) is 0 Å². The van der Waals surface area contributed by atoms with Crippen molar-refractivity contribution in [1.82, 2.24) is 14.5 Å². The molecule has 0 saturated heterocycles. The standard InChI is InChI=1S/C12H16N4/c1-8(13)7-11-15-12-10(3-2-6-14-12)16(11)9-4-5-9/h2-3,6,8-9H,4-5,7,13H2,1H3. The van der Waals surface area contributed by atoms with Gasteiger partial charge in [-0.2, -0.15) is 0 Å². The molecule has 84 valence electrons. The minimum Gasteiger partial charge on any atom is -0.328 e. The quantitative estimate of drug-likeness (QED) is 0.848. The summed E-state index contributed by atoms with van der Waals surface area (Å²) in [5.41, 5.74) is 7.87. The lowest BCUT2D eigenvalue weighted by Gasteiger charge is -2.08. The molecule has 0 aliphatic heterocycles. The highest BCUT2D eigenvalue weighted by atomic mass is 15.2. The van der Waals surface area contributed by atoms with Crippen LogP contribution in [0.4, 0.5) is 0 Å². The summed E-state index contributed by atoms with van der Waals surface area (Å²) in [4.78, 5) is 8.89. The third kappa shape index (κ3) is 1.59. The van der Waals surface area contributed by atoms with Crippen LogP contribution in [0.3, 0.4) is 0 Å². The molecule has 0 bridgehead atoms. The van der Waals surface area contributed by atoms with Crippen molar-refractivity contribution in [1.29, 1.82) is 0 Å². The van der Waals surface area contributed by atoms with Gasteiger partial charge in [0.2, 0.25) is 0 Å². The first-order chi connectivity index (χ1) is 7.75. The molecule has 1 unspecified atom stereocenters. The van der Waals surface area contributed by atoms with Crippen LogP contribution in [0.1, 0.15) is 31.6 Å². The lowest BCUT2D eigenvalue weighted by molar-refractivity contribution is 0.639. The molecular weight excluding hydrogens is 200 g/mol. The number of nitrogens with two attached hydrogens (primary N) is 1. The average Bonchev–Trinajstić information content (AvgIpc) is 3.00. The highest BCUT2D eigenvalue weighted by molar-refractivity contribution is 5.71. The molecule has 1 fully saturated rings. The minimum absolute atomic E-state index is 0.148. The minimum atomic E-state index is 0.148. The van der Waals surface area contributed by atoms with E-state index in [0.29, 0.717) is 6.04 Å². The maximum atomic E-state index is 5.86. The Morgan fingerprint density at radius 2 is 2.38 bits per heavy atom. The van der Waals surface area contributed by atoms with Gasteiger partial charge in [-0.05, 0) is 31.9 Å². The van der Waals surface area contributed by atoms with E-state index in [0.717, 1.165) is 23.4 Å². The topological polar surface area (TPSA) is 56.7 Å². The van der Waals surface area contributed by atoms with Gasteiger partial charge in [-0.1, -0.05) is 0 Å². The Hall–Kier alpha value is -1.42. The maximum absolute atomic E-state index is 5.86. The van der Waals surface area contributed by atoms with E-state index in [1.807, 2.05) is 13.0 Å². The fraction of sp³-hybridized carbons (Fsp3) is 0.500. The van der Waals surface area contributed by atoms with Gasteiger partial charge in [0.15, 0.2) is 5.65 Å². The molecule has 0 radical (unpaired) electrons. The summed E-state index contributed by atoms with van der Waals surface area (Å²) in [6.45, 7) is 2.02. The summed E-state index contributed by atoms with van der Waals surface area (Å²) >= 11 is 0. The third-order valence-electron chi connectivity index (χ3n) is 2.96. The van der Waals surface area contributed by atoms with E-state index < -0.39 is 0 Å². The number of pyridine rings is 1. The van der Waals surface area contributed by atoms with Crippen LogP contribution in [0.25, 0.3) is 11.2 Å². The summed E-state index contributed by atoms with van der Waals surface area (Å²) in [5.74, 6) is 1.09. The first-order valence-corrected chi connectivity index (χ1v) is 5.83. The summed E-state index contributed by atoms with van der Waals surface area (Å²) < 4.78 is 2.33. The van der Waals surface area contributed by atoms with Crippen LogP contribution in [0.2, 0.25) is 0 Å². The maximum Gasteiger partial charge on any atom is 0.177 e. The number of nitrogens with zero attached hydrogens (tertiary/aromatic N) is 3. The van der Waals surface area contributed by atoms with Gasteiger partial charge in [0.05, 0.1) is 5.52 Å². The molecule has 2 N–H and O–H groups in total. The Kier molecular flexibility index (Phi) is 2.17. The van der Waals surface area contributed by atoms with Crippen LogP contribution >= 0.6 is 0 Å². The molecule has 2 heterocycles. The predicted octanol–water partition coefficient (Wildman–Crippen LogP) is 1.66. The zero-order valence-corrected chi connectivity index (χ0v) is 9.43. The van der Waals surface area contributed by atoms with Crippen molar-refractivity contribution in [3.8, 4) is 0 Å². The SMILES string of the molecule is CC(N)Cc1nc2ncccc2n1C1CC1. The van der Waals surface area contributed by atoms with Crippen LogP contribution in [0.5, 0.6) is 0 Å². The van der Waals surface area contributed by atoms with Crippen molar-refractivity contribution in [3.05, 3.63) is 24.2 Å². The van der Waals surface area contributed by atoms with E-state index >= 15 is 0 Å². The molecule has 2 aromatic rings. The lowest BCUT2D eigenvalue weighted by atomic mass is 10.2. The van der Waals surface area contributed by atoms with Crippen LogP contribution in [-0.2, 0) is 6.42 Å². The van der Waals surface area contributed by atoms with Crippen LogP contribution in [-0.4, -0.2) is 20.6 Å². The molecule has 16 heavy (non-hydrogen) atoms. The molecule has 1 saturated carbocycles. The van der Waals surface area contributed by atoms with Gasteiger partial charge in [-0.25, -0.2) is 9.97 Å². The van der Waals surface area contributed by atoms with Crippen molar-refractivity contribution >= 4 is 11.2 Å². The number of imidazole rings is 1. The fourth-order valence-corrected chi connectivity index (χ4v) is 2.15. The van der Waals surface area contributed by atoms with Crippen LogP contribution in [0.15, 0.2) is 18.3 Å². The molecule has 4 heteroatoms. The second-order valence-electron chi connectivity index (χ2n) is 4.66. The Balaban J connectivity index is 2.14. The van der Waals surface area contributed by atoms with Crippen molar-refractivity contribution in [2.45, 2.75) is 38.3 Å². The van der Waals surface area contributed by atoms with Gasteiger partial charge in [-0.3, -0.25) is 0 Å². The van der Waals surface area contributed by atoms with Crippen LogP contribution in [0, 0.1) is 0 Å². The van der Waals surface area contributed by atoms with Crippen molar-refractivity contribution in [2.24, 2.45) is 5.73 Å². The number of hydrogen-bond donors (Lipinski definition) is 1. The Labute approximate surface area is 94.5 Å². The molecule has 3 rings (SSSR count). The van der Waals surface area contributed by atoms with E-state index in [1.54, 1.807) is 6.20 Å². The van der Waals surface area contributed by atoms with E-state index in [1.165, 1.54) is 12.8 Å². The number of aromatic nitrogens is 3. The number of rotatable bonds is 3. The molecule has 0 spiro atoms. The summed E-state index contributed by atoms with van der Waals surface area (Å²) in [6, 6.07) is 4.84. The van der Waals surface area contributed by atoms with Crippen molar-refractivity contribution in [2.75, 3.05) is 0 Å². The largest absolute Gasteiger partial charge is 0.328 e. The van der Waals surface area contributed by atoms with Gasteiger partial charge < -0.3 is 10.3 Å². The number of hydrogen-bond acceptors (Lipinski definition) is 3. The predicted molar refractivity (Wildman–Crippen MR) is 63.2 cm³/mol. The Bertz CT molecular complexity index is 511. The van der Waals surface area contributed by atoms with Gasteiger partial charge in [0.1, 0.15) is 5.82 Å². The summed E-state index contributed by atoms with van der Waals surface area (Å²) in [7, 11) is 0. The molecular formula is C12H16N4. The number of fused-ring (bicyclic) bond motifs is 1. The zero-order valence-electron chi connectivity index (χ0n) is 9.43. The van der Waals surface area contributed by atoms with E-state index in [-0.39, 0.29) is 6.04 Å². The summed E-state index contributed by atoms with van der Waals surface area (Å²) in [6.07, 6.45) is 5.13. The zero-order chi connectivity index (χ0) is 11.1. The highest BCUT2D eigenvalue weighted by Gasteiger charge is 2.28. The second-order valence-corrected chi connectivity index (χ2v) is 4.66. The highest BCUT2D eigenvalue weighted by Crippen LogP contribution is 2.38. The smallest absolute Gasteiger partial charge is 0.177 e. The summed E-state index contributed by atoms with van der Waals surface area (Å²) in [5, 5.41) is 0. The van der Waals surface area contributed by atoms with Crippen LogP contribution < -0.4 is 5.73 Å². The normalized spacial score (nSPS) is 17.9. The lowest BCUT2D eigenvalue weighted by Crippen LogP contribution is -2.20. The Morgan fingerprint density at radius 3 is 3.06 bits per heavy atom. The van der Waals surface area contributed by atoms with Gasteiger partial charge >= 0.3 is 0 Å². The average molecular weight is 216 g/mol. The van der Waals surface area contributed by atoms with Crippen molar-refractivity contribution < 1.29 is 0 Å². The van der Waals surface area contributed by atoms with E-state index in [2.05, 4.69) is 20.6 Å². The third-order valence-corrected chi connectivity index (χ3v) is 2.96. The molecule has 0 amide bonds. The van der Waals surface area contributed by atoms with Gasteiger partial charge in [0.25, 0.3) is 0 Å². The van der Waals surface area contributed by atoms with E-state index in [4.69, 9.17) is 5.73 Å². The molecule has 1 aliphatic rings. The first kappa shape index (κ1) is 9.78. The fourth-order valence-electron chi connectivity index (χ4n) is 2.15. The Morgan fingerprint density at radius 1 is 1.56 bits per heavy atom. The monoisotopic (exact) mass is 216 g/mol.